The lowest BCUT2D eigenvalue weighted by molar-refractivity contribution is -0.144. The van der Waals surface area contributed by atoms with E-state index < -0.39 is 5.97 Å². The Bertz CT molecular complexity index is 474. The predicted molar refractivity (Wildman–Crippen MR) is 77.1 cm³/mol. The van der Waals surface area contributed by atoms with Gasteiger partial charge in [0.25, 0.3) is 5.91 Å². The second kappa shape index (κ2) is 7.12. The summed E-state index contributed by atoms with van der Waals surface area (Å²) >= 11 is 12.9. The van der Waals surface area contributed by atoms with Gasteiger partial charge in [-0.25, -0.2) is 0 Å². The summed E-state index contributed by atoms with van der Waals surface area (Å²) in [6.45, 7) is 5.53. The molecule has 0 radical (unpaired) electrons. The van der Waals surface area contributed by atoms with Crippen molar-refractivity contribution in [3.05, 3.63) is 20.3 Å². The number of carbonyl (C=O) groups is 2. The molecule has 1 heterocycles. The fourth-order valence-corrected chi connectivity index (χ4v) is 2.92. The molecule has 0 spiro atoms. The number of carbonyl (C=O) groups excluding carboxylic acids is 2. The van der Waals surface area contributed by atoms with Crippen molar-refractivity contribution < 1.29 is 14.3 Å². The van der Waals surface area contributed by atoms with Gasteiger partial charge in [0.2, 0.25) is 0 Å². The highest BCUT2D eigenvalue weighted by atomic mass is 35.5. The van der Waals surface area contributed by atoms with Crippen LogP contribution in [0.15, 0.2) is 6.07 Å². The fraction of sp³-hybridized carbons (Fsp3) is 0.500. The summed E-state index contributed by atoms with van der Waals surface area (Å²) < 4.78 is 5.62. The molecule has 1 aromatic heterocycles. The molecule has 0 bridgehead atoms. The number of hydrogen-bond donors (Lipinski definition) is 0. The van der Waals surface area contributed by atoms with Crippen LogP contribution in [0.25, 0.3) is 0 Å². The van der Waals surface area contributed by atoms with Crippen LogP contribution in [0.1, 0.15) is 31.1 Å². The molecule has 7 heteroatoms. The summed E-state index contributed by atoms with van der Waals surface area (Å²) in [4.78, 5) is 25.3. The lowest BCUT2D eigenvalue weighted by Crippen LogP contribution is -2.41. The van der Waals surface area contributed by atoms with Crippen molar-refractivity contribution in [2.75, 3.05) is 13.2 Å². The number of nitrogens with zero attached hydrogens (tertiary/aromatic N) is 1. The van der Waals surface area contributed by atoms with Crippen LogP contribution in [0.5, 0.6) is 0 Å². The first-order valence-electron chi connectivity index (χ1n) is 5.78. The van der Waals surface area contributed by atoms with Crippen LogP contribution in [0, 0.1) is 0 Å². The molecule has 1 aromatic rings. The van der Waals surface area contributed by atoms with Gasteiger partial charge in [-0.15, -0.1) is 11.3 Å². The van der Waals surface area contributed by atoms with E-state index in [-0.39, 0.29) is 25.1 Å². The van der Waals surface area contributed by atoms with Crippen LogP contribution in [0.3, 0.4) is 0 Å². The van der Waals surface area contributed by atoms with Gasteiger partial charge in [-0.05, 0) is 26.8 Å². The van der Waals surface area contributed by atoms with Crippen molar-refractivity contribution in [2.45, 2.75) is 26.8 Å². The first-order valence-corrected chi connectivity index (χ1v) is 7.35. The molecule has 19 heavy (non-hydrogen) atoms. The second-order valence-corrected chi connectivity index (χ2v) is 6.36. The highest BCUT2D eigenvalue weighted by Gasteiger charge is 2.25. The van der Waals surface area contributed by atoms with Crippen LogP contribution in [0.4, 0.5) is 0 Å². The zero-order valence-electron chi connectivity index (χ0n) is 10.9. The molecule has 0 atom stereocenters. The molecule has 0 saturated carbocycles. The smallest absolute Gasteiger partial charge is 0.325 e. The average Bonchev–Trinajstić information content (AvgIpc) is 2.64. The number of esters is 1. The highest BCUT2D eigenvalue weighted by molar-refractivity contribution is 7.20. The van der Waals surface area contributed by atoms with Crippen LogP contribution >= 0.6 is 34.5 Å². The predicted octanol–water partition coefficient (Wildman–Crippen LogP) is 3.47. The summed E-state index contributed by atoms with van der Waals surface area (Å²) in [7, 11) is 0. The minimum absolute atomic E-state index is 0.103. The van der Waals surface area contributed by atoms with Crippen molar-refractivity contribution in [1.29, 1.82) is 0 Å². The van der Waals surface area contributed by atoms with E-state index >= 15 is 0 Å². The Balaban J connectivity index is 2.90. The van der Waals surface area contributed by atoms with Gasteiger partial charge in [0.15, 0.2) is 0 Å². The molecule has 0 aliphatic rings. The minimum Gasteiger partial charge on any atom is -0.465 e. The quantitative estimate of drug-likeness (QED) is 0.779. The molecule has 0 fully saturated rings. The van der Waals surface area contributed by atoms with Gasteiger partial charge < -0.3 is 9.64 Å². The van der Waals surface area contributed by atoms with Crippen molar-refractivity contribution in [3.8, 4) is 0 Å². The van der Waals surface area contributed by atoms with Crippen LogP contribution in [0.2, 0.25) is 8.67 Å². The van der Waals surface area contributed by atoms with Crippen LogP contribution < -0.4 is 0 Å². The monoisotopic (exact) mass is 323 g/mol. The van der Waals surface area contributed by atoms with Gasteiger partial charge in [0.05, 0.1) is 16.5 Å². The average molecular weight is 324 g/mol. The van der Waals surface area contributed by atoms with E-state index in [1.165, 1.54) is 11.0 Å². The van der Waals surface area contributed by atoms with E-state index in [0.717, 1.165) is 11.3 Å². The third kappa shape index (κ3) is 4.37. The molecule has 0 aromatic carbocycles. The van der Waals surface area contributed by atoms with Gasteiger partial charge in [-0.1, -0.05) is 23.2 Å². The molecule has 1 rings (SSSR count). The van der Waals surface area contributed by atoms with E-state index in [0.29, 0.717) is 14.2 Å². The summed E-state index contributed by atoms with van der Waals surface area (Å²) in [6.07, 6.45) is 0. The Hall–Kier alpha value is -0.780. The molecular weight excluding hydrogens is 309 g/mol. The highest BCUT2D eigenvalue weighted by Crippen LogP contribution is 2.32. The lowest BCUT2D eigenvalue weighted by Gasteiger charge is -2.25. The number of halogens is 2. The standard InChI is InChI=1S/C12H15Cl2NO3S/c1-4-18-10(16)6-15(7(2)3)12(17)8-5-9(13)19-11(8)14/h5,7H,4,6H2,1-3H3. The fourth-order valence-electron chi connectivity index (χ4n) is 1.48. The summed E-state index contributed by atoms with van der Waals surface area (Å²) in [5.41, 5.74) is 0.315. The van der Waals surface area contributed by atoms with Gasteiger partial charge in [0, 0.05) is 6.04 Å². The third-order valence-corrected chi connectivity index (χ3v) is 3.86. The molecule has 0 aliphatic heterocycles. The number of hydrogen-bond acceptors (Lipinski definition) is 4. The van der Waals surface area contributed by atoms with Gasteiger partial charge in [-0.3, -0.25) is 9.59 Å². The Morgan fingerprint density at radius 1 is 1.42 bits per heavy atom. The zero-order valence-corrected chi connectivity index (χ0v) is 13.2. The van der Waals surface area contributed by atoms with Crippen molar-refractivity contribution >= 4 is 46.4 Å². The van der Waals surface area contributed by atoms with Gasteiger partial charge >= 0.3 is 5.97 Å². The summed E-state index contributed by atoms with van der Waals surface area (Å²) in [5, 5.41) is 0. The molecule has 0 unspecified atom stereocenters. The van der Waals surface area contributed by atoms with Crippen molar-refractivity contribution in [1.82, 2.24) is 4.90 Å². The Labute approximate surface area is 126 Å². The number of ether oxygens (including phenoxy) is 1. The number of amides is 1. The van der Waals surface area contributed by atoms with E-state index in [9.17, 15) is 9.59 Å². The molecule has 1 amide bonds. The molecule has 0 aliphatic carbocycles. The molecule has 4 nitrogen and oxygen atoms in total. The number of rotatable bonds is 5. The van der Waals surface area contributed by atoms with Crippen molar-refractivity contribution in [2.24, 2.45) is 0 Å². The Morgan fingerprint density at radius 3 is 2.47 bits per heavy atom. The Morgan fingerprint density at radius 2 is 2.05 bits per heavy atom. The first-order chi connectivity index (χ1) is 8.86. The molecule has 0 saturated heterocycles. The minimum atomic E-state index is -0.443. The largest absolute Gasteiger partial charge is 0.465 e. The van der Waals surface area contributed by atoms with Crippen molar-refractivity contribution in [3.63, 3.8) is 0 Å². The summed E-state index contributed by atoms with van der Waals surface area (Å²) in [5.74, 6) is -0.766. The van der Waals surface area contributed by atoms with E-state index in [2.05, 4.69) is 0 Å². The van der Waals surface area contributed by atoms with Crippen LogP contribution in [-0.2, 0) is 9.53 Å². The Kier molecular flexibility index (Phi) is 6.10. The van der Waals surface area contributed by atoms with Gasteiger partial charge in [0.1, 0.15) is 10.9 Å². The maximum absolute atomic E-state index is 12.3. The second-order valence-electron chi connectivity index (χ2n) is 4.07. The maximum atomic E-state index is 12.3. The van der Waals surface area contributed by atoms with E-state index in [4.69, 9.17) is 27.9 Å². The number of thiophene rings is 1. The van der Waals surface area contributed by atoms with E-state index in [1.54, 1.807) is 6.92 Å². The zero-order chi connectivity index (χ0) is 14.6. The topological polar surface area (TPSA) is 46.6 Å². The van der Waals surface area contributed by atoms with Gasteiger partial charge in [-0.2, -0.15) is 0 Å². The third-order valence-electron chi connectivity index (χ3n) is 2.38. The SMILES string of the molecule is CCOC(=O)CN(C(=O)c1cc(Cl)sc1Cl)C(C)C. The molecule has 106 valence electrons. The molecule has 0 N–H and O–H groups in total. The van der Waals surface area contributed by atoms with Crippen LogP contribution in [-0.4, -0.2) is 36.0 Å². The normalized spacial score (nSPS) is 10.6. The molecular formula is C12H15Cl2NO3S. The van der Waals surface area contributed by atoms with E-state index in [1.807, 2.05) is 13.8 Å². The maximum Gasteiger partial charge on any atom is 0.325 e. The summed E-state index contributed by atoms with van der Waals surface area (Å²) in [6, 6.07) is 1.36. The lowest BCUT2D eigenvalue weighted by atomic mass is 10.2. The first kappa shape index (κ1) is 16.3.